The third-order valence-corrected chi connectivity index (χ3v) is 5.04. The van der Waals surface area contributed by atoms with Gasteiger partial charge in [0, 0.05) is 24.3 Å². The molecule has 0 saturated heterocycles. The maximum atomic E-state index is 5.86. The number of fused-ring (bicyclic) bond motifs is 3. The van der Waals surface area contributed by atoms with E-state index in [0.717, 1.165) is 35.6 Å². The zero-order valence-corrected chi connectivity index (χ0v) is 16.5. The van der Waals surface area contributed by atoms with Gasteiger partial charge in [0.05, 0.1) is 11.4 Å². The number of nitrogens with one attached hydrogen (secondary N) is 1. The van der Waals surface area contributed by atoms with Crippen LogP contribution in [0.15, 0.2) is 78.1 Å². The summed E-state index contributed by atoms with van der Waals surface area (Å²) in [5.74, 6) is 0.592. The summed E-state index contributed by atoms with van der Waals surface area (Å²) in [6.07, 6.45) is 3.12. The predicted octanol–water partition coefficient (Wildman–Crippen LogP) is 4.76. The maximum Gasteiger partial charge on any atom is 0.136 e. The van der Waals surface area contributed by atoms with E-state index in [2.05, 4.69) is 83.6 Å². The Morgan fingerprint density at radius 3 is 2.57 bits per heavy atom. The first-order valence-corrected chi connectivity index (χ1v) is 9.97. The molecular formula is C24H27N3O. The maximum absolute atomic E-state index is 5.86. The van der Waals surface area contributed by atoms with Gasteiger partial charge in [0.15, 0.2) is 0 Å². The second-order valence-corrected chi connectivity index (χ2v) is 7.71. The largest absolute Gasteiger partial charge is 0.394 e. The number of para-hydroxylation sites is 1. The van der Waals surface area contributed by atoms with Crippen molar-refractivity contribution in [3.05, 3.63) is 89.7 Å². The lowest BCUT2D eigenvalue weighted by molar-refractivity contribution is 0.112. The lowest BCUT2D eigenvalue weighted by Gasteiger charge is -2.19. The third kappa shape index (κ3) is 4.02. The molecule has 0 amide bonds. The summed E-state index contributed by atoms with van der Waals surface area (Å²) in [6.45, 7) is 5.87. The number of rotatable bonds is 8. The number of oxime groups is 1. The van der Waals surface area contributed by atoms with Gasteiger partial charge in [0.2, 0.25) is 0 Å². The van der Waals surface area contributed by atoms with Crippen LogP contribution in [0.5, 0.6) is 0 Å². The zero-order chi connectivity index (χ0) is 19.3. The second-order valence-electron chi connectivity index (χ2n) is 7.71. The standard InChI is InChI=1S/C24H27N3O/c1-18(2)15-20(25-16-19-9-4-3-5-10-19)17-28-26-24-21-11-6-7-12-22(21)27-14-8-13-23(24)27/h3-14,18,20,25H,15-17H2,1-2H3/b26-24+. The van der Waals surface area contributed by atoms with Gasteiger partial charge in [0.25, 0.3) is 0 Å². The predicted molar refractivity (Wildman–Crippen MR) is 114 cm³/mol. The molecule has 28 heavy (non-hydrogen) atoms. The Balaban J connectivity index is 1.44. The van der Waals surface area contributed by atoms with E-state index >= 15 is 0 Å². The fourth-order valence-electron chi connectivity index (χ4n) is 3.73. The van der Waals surface area contributed by atoms with Crippen molar-refractivity contribution in [1.82, 2.24) is 9.88 Å². The minimum absolute atomic E-state index is 0.257. The average molecular weight is 374 g/mol. The molecule has 0 radical (unpaired) electrons. The Labute approximate surface area is 166 Å². The first kappa shape index (κ1) is 18.5. The molecule has 0 fully saturated rings. The van der Waals surface area contributed by atoms with Crippen LogP contribution in [0.4, 0.5) is 0 Å². The van der Waals surface area contributed by atoms with Crippen LogP contribution < -0.4 is 5.32 Å². The molecule has 4 nitrogen and oxygen atoms in total. The van der Waals surface area contributed by atoms with Crippen molar-refractivity contribution >= 4 is 5.71 Å². The van der Waals surface area contributed by atoms with E-state index in [1.807, 2.05) is 18.2 Å². The number of benzene rings is 2. The molecule has 1 aliphatic heterocycles. The van der Waals surface area contributed by atoms with E-state index in [-0.39, 0.29) is 6.04 Å². The number of hydrogen-bond donors (Lipinski definition) is 1. The summed E-state index contributed by atoms with van der Waals surface area (Å²) in [5, 5.41) is 8.16. The van der Waals surface area contributed by atoms with Crippen LogP contribution in [0.2, 0.25) is 0 Å². The second kappa shape index (κ2) is 8.44. The van der Waals surface area contributed by atoms with E-state index in [9.17, 15) is 0 Å². The average Bonchev–Trinajstić information content (AvgIpc) is 3.29. The minimum atomic E-state index is 0.257. The van der Waals surface area contributed by atoms with E-state index in [4.69, 9.17) is 4.84 Å². The minimum Gasteiger partial charge on any atom is -0.394 e. The fraction of sp³-hybridized carbons (Fsp3) is 0.292. The third-order valence-electron chi connectivity index (χ3n) is 5.04. The van der Waals surface area contributed by atoms with Gasteiger partial charge in [-0.25, -0.2) is 0 Å². The highest BCUT2D eigenvalue weighted by molar-refractivity contribution is 6.17. The molecule has 1 atom stereocenters. The molecule has 4 rings (SSSR count). The molecule has 0 saturated carbocycles. The molecule has 0 bridgehead atoms. The molecule has 1 aliphatic rings. The Morgan fingerprint density at radius 1 is 0.964 bits per heavy atom. The van der Waals surface area contributed by atoms with Crippen LogP contribution in [-0.2, 0) is 11.4 Å². The molecule has 1 aromatic heterocycles. The molecule has 4 heteroatoms. The smallest absolute Gasteiger partial charge is 0.136 e. The van der Waals surface area contributed by atoms with Gasteiger partial charge < -0.3 is 14.7 Å². The van der Waals surface area contributed by atoms with Crippen molar-refractivity contribution < 1.29 is 4.84 Å². The van der Waals surface area contributed by atoms with Crippen LogP contribution >= 0.6 is 0 Å². The number of hydrogen-bond acceptors (Lipinski definition) is 3. The van der Waals surface area contributed by atoms with Crippen LogP contribution in [0.1, 0.15) is 37.1 Å². The van der Waals surface area contributed by atoms with E-state index in [1.54, 1.807) is 0 Å². The lowest BCUT2D eigenvalue weighted by Crippen LogP contribution is -2.34. The molecule has 2 heterocycles. The van der Waals surface area contributed by atoms with Gasteiger partial charge in [0.1, 0.15) is 12.3 Å². The summed E-state index contributed by atoms with van der Waals surface area (Å²) in [7, 11) is 0. The highest BCUT2D eigenvalue weighted by Crippen LogP contribution is 2.28. The SMILES string of the molecule is CC(C)CC(CO/N=C1\c2ccccc2-n2cccc21)NCc1ccccc1. The first-order valence-electron chi connectivity index (χ1n) is 9.97. The quantitative estimate of drug-likeness (QED) is 0.452. The Kier molecular flexibility index (Phi) is 5.58. The molecule has 1 N–H and O–H groups in total. The Morgan fingerprint density at radius 2 is 1.75 bits per heavy atom. The van der Waals surface area contributed by atoms with Crippen molar-refractivity contribution in [2.24, 2.45) is 11.1 Å². The highest BCUT2D eigenvalue weighted by Gasteiger charge is 2.24. The molecule has 0 spiro atoms. The van der Waals surface area contributed by atoms with Crippen LogP contribution in [0.25, 0.3) is 5.69 Å². The highest BCUT2D eigenvalue weighted by atomic mass is 16.6. The normalized spacial score (nSPS) is 14.9. The van der Waals surface area contributed by atoms with E-state index in [1.165, 1.54) is 5.56 Å². The van der Waals surface area contributed by atoms with Crippen LogP contribution in [-0.4, -0.2) is 22.9 Å². The van der Waals surface area contributed by atoms with Crippen molar-refractivity contribution in [1.29, 1.82) is 0 Å². The van der Waals surface area contributed by atoms with Crippen molar-refractivity contribution in [3.8, 4) is 5.69 Å². The topological polar surface area (TPSA) is 38.5 Å². The summed E-state index contributed by atoms with van der Waals surface area (Å²) >= 11 is 0. The Hall–Kier alpha value is -2.85. The van der Waals surface area contributed by atoms with Crippen LogP contribution in [0.3, 0.4) is 0 Å². The van der Waals surface area contributed by atoms with Crippen molar-refractivity contribution in [2.45, 2.75) is 32.9 Å². The number of aromatic nitrogens is 1. The van der Waals surface area contributed by atoms with Gasteiger partial charge in [-0.3, -0.25) is 0 Å². The lowest BCUT2D eigenvalue weighted by atomic mass is 10.0. The first-order chi connectivity index (χ1) is 13.7. The van der Waals surface area contributed by atoms with Crippen molar-refractivity contribution in [3.63, 3.8) is 0 Å². The van der Waals surface area contributed by atoms with Gasteiger partial charge in [-0.2, -0.15) is 0 Å². The van der Waals surface area contributed by atoms with Crippen LogP contribution in [0, 0.1) is 5.92 Å². The Bertz CT molecular complexity index is 943. The fourth-order valence-corrected chi connectivity index (χ4v) is 3.73. The summed E-state index contributed by atoms with van der Waals surface area (Å²) in [4.78, 5) is 5.86. The van der Waals surface area contributed by atoms with Gasteiger partial charge in [-0.1, -0.05) is 67.5 Å². The molecule has 144 valence electrons. The summed E-state index contributed by atoms with van der Waals surface area (Å²) in [6, 6.07) is 23.2. The number of nitrogens with zero attached hydrogens (tertiary/aromatic N) is 2. The molecule has 3 aromatic rings. The van der Waals surface area contributed by atoms with E-state index in [0.29, 0.717) is 12.5 Å². The zero-order valence-electron chi connectivity index (χ0n) is 16.5. The summed E-state index contributed by atoms with van der Waals surface area (Å²) < 4.78 is 2.16. The summed E-state index contributed by atoms with van der Waals surface area (Å²) in [5.41, 5.74) is 5.55. The molecule has 1 unspecified atom stereocenters. The molecule has 0 aliphatic carbocycles. The van der Waals surface area contributed by atoms with E-state index < -0.39 is 0 Å². The van der Waals surface area contributed by atoms with Gasteiger partial charge >= 0.3 is 0 Å². The van der Waals surface area contributed by atoms with Gasteiger partial charge in [-0.15, -0.1) is 0 Å². The molecular weight excluding hydrogens is 346 g/mol. The van der Waals surface area contributed by atoms with Gasteiger partial charge in [-0.05, 0) is 36.1 Å². The van der Waals surface area contributed by atoms with Crippen molar-refractivity contribution in [2.75, 3.05) is 6.61 Å². The molecule has 2 aromatic carbocycles. The monoisotopic (exact) mass is 373 g/mol.